The number of aromatic hydroxyl groups is 1. The maximum atomic E-state index is 14.9. The first-order valence-corrected chi connectivity index (χ1v) is 17.9. The van der Waals surface area contributed by atoms with E-state index in [1.165, 1.54) is 26.0 Å². The first-order valence-electron chi connectivity index (χ1n) is 17.9. The van der Waals surface area contributed by atoms with Crippen LogP contribution in [0, 0.1) is 11.8 Å². The summed E-state index contributed by atoms with van der Waals surface area (Å²) in [5.74, 6) is -7.55. The smallest absolute Gasteiger partial charge is 0.411 e. The molecule has 4 atom stereocenters. The number of ether oxygens (including phenoxy) is 2. The lowest BCUT2D eigenvalue weighted by atomic mass is 9.77. The van der Waals surface area contributed by atoms with Gasteiger partial charge in [0.15, 0.2) is 5.78 Å². The predicted molar refractivity (Wildman–Crippen MR) is 203 cm³/mol. The van der Waals surface area contributed by atoms with Crippen LogP contribution in [0.5, 0.6) is 5.75 Å². The maximum absolute atomic E-state index is 14.9. The van der Waals surface area contributed by atoms with Crippen LogP contribution in [0.3, 0.4) is 0 Å². The van der Waals surface area contributed by atoms with E-state index in [4.69, 9.17) is 15.2 Å². The van der Waals surface area contributed by atoms with Gasteiger partial charge in [0.2, 0.25) is 11.4 Å². The van der Waals surface area contributed by atoms with Crippen LogP contribution in [0.1, 0.15) is 65.2 Å². The quantitative estimate of drug-likeness (QED) is 0.0975. The number of esters is 1. The lowest BCUT2D eigenvalue weighted by molar-refractivity contribution is -0.159. The van der Waals surface area contributed by atoms with Crippen LogP contribution in [-0.4, -0.2) is 80.0 Å². The number of carbonyl (C=O) groups excluding carboxylic acids is 5. The third-order valence-electron chi connectivity index (χ3n) is 8.62. The molecule has 0 saturated carbocycles. The lowest BCUT2D eigenvalue weighted by Gasteiger charge is -2.45. The van der Waals surface area contributed by atoms with Crippen molar-refractivity contribution in [2.24, 2.45) is 17.6 Å². The lowest BCUT2D eigenvalue weighted by Crippen LogP contribution is -2.76. The molecular formula is C41H52N4O10. The van der Waals surface area contributed by atoms with Gasteiger partial charge < -0.3 is 36.1 Å². The van der Waals surface area contributed by atoms with E-state index in [9.17, 15) is 39.0 Å². The molecule has 55 heavy (non-hydrogen) atoms. The first-order chi connectivity index (χ1) is 25.8. The van der Waals surface area contributed by atoms with Gasteiger partial charge in [0, 0.05) is 12.3 Å². The van der Waals surface area contributed by atoms with Crippen LogP contribution in [0.15, 0.2) is 84.9 Å². The summed E-state index contributed by atoms with van der Waals surface area (Å²) in [7, 11) is 0. The highest BCUT2D eigenvalue weighted by Gasteiger charge is 2.61. The number of nitrogens with one attached hydrogen (secondary N) is 2. The molecule has 0 aliphatic rings. The largest absolute Gasteiger partial charge is 0.508 e. The second-order valence-corrected chi connectivity index (χ2v) is 14.9. The van der Waals surface area contributed by atoms with Gasteiger partial charge in [-0.15, -0.1) is 0 Å². The molecule has 296 valence electrons. The molecular weight excluding hydrogens is 708 g/mol. The van der Waals surface area contributed by atoms with Gasteiger partial charge in [-0.1, -0.05) is 100 Å². The van der Waals surface area contributed by atoms with Gasteiger partial charge in [0.25, 0.3) is 5.91 Å². The van der Waals surface area contributed by atoms with Gasteiger partial charge in [0.05, 0.1) is 6.54 Å². The maximum Gasteiger partial charge on any atom is 0.411 e. The third kappa shape index (κ3) is 11.6. The number of benzene rings is 3. The SMILES string of the molecule is CC(C)C(=O)[C@@](C(=O)N[C@H](C(=O)N[C@@H](Cc1ccc(O)cc1)C(=O)OCc1ccccc1)C(C)C)(C(N)C(=O)O)N(Cc1ccccc1)C(=O)OC(C)(C)C. The minimum absolute atomic E-state index is 0.00902. The van der Waals surface area contributed by atoms with Crippen molar-refractivity contribution in [3.8, 4) is 5.75 Å². The van der Waals surface area contributed by atoms with Crippen LogP contribution < -0.4 is 16.4 Å². The van der Waals surface area contributed by atoms with E-state index in [1.54, 1.807) is 107 Å². The number of ketones is 1. The Labute approximate surface area is 321 Å². The average Bonchev–Trinajstić information content (AvgIpc) is 3.12. The number of phenols is 1. The summed E-state index contributed by atoms with van der Waals surface area (Å²) >= 11 is 0. The molecule has 3 aromatic rings. The second-order valence-electron chi connectivity index (χ2n) is 14.9. The van der Waals surface area contributed by atoms with E-state index in [2.05, 4.69) is 10.6 Å². The molecule has 0 aromatic heterocycles. The Hall–Kier alpha value is -5.76. The van der Waals surface area contributed by atoms with Crippen molar-refractivity contribution in [1.29, 1.82) is 0 Å². The Balaban J connectivity index is 2.11. The molecule has 3 rings (SSSR count). The topological polar surface area (TPSA) is 215 Å². The average molecular weight is 761 g/mol. The van der Waals surface area contributed by atoms with E-state index < -0.39 is 83.3 Å². The van der Waals surface area contributed by atoms with Crippen molar-refractivity contribution in [2.45, 2.75) is 97.3 Å². The predicted octanol–water partition coefficient (Wildman–Crippen LogP) is 4.12. The number of amides is 3. The number of rotatable bonds is 17. The van der Waals surface area contributed by atoms with Crippen molar-refractivity contribution in [3.63, 3.8) is 0 Å². The third-order valence-corrected chi connectivity index (χ3v) is 8.62. The number of aliphatic carboxylic acids is 1. The molecule has 0 saturated heterocycles. The van der Waals surface area contributed by atoms with Gasteiger partial charge in [-0.25, -0.2) is 9.59 Å². The molecule has 14 nitrogen and oxygen atoms in total. The number of nitrogens with two attached hydrogens (primary N) is 1. The zero-order chi connectivity index (χ0) is 41.1. The summed E-state index contributed by atoms with van der Waals surface area (Å²) < 4.78 is 11.2. The molecule has 0 spiro atoms. The highest BCUT2D eigenvalue weighted by atomic mass is 16.6. The van der Waals surface area contributed by atoms with Gasteiger partial charge >= 0.3 is 18.0 Å². The Kier molecular flexibility index (Phi) is 15.1. The second kappa shape index (κ2) is 19.0. The minimum Gasteiger partial charge on any atom is -0.508 e. The van der Waals surface area contributed by atoms with Crippen molar-refractivity contribution in [3.05, 3.63) is 102 Å². The number of nitrogens with zero attached hydrogens (tertiary/aromatic N) is 1. The van der Waals surface area contributed by atoms with Gasteiger partial charge in [-0.2, -0.15) is 0 Å². The van der Waals surface area contributed by atoms with E-state index >= 15 is 0 Å². The van der Waals surface area contributed by atoms with Gasteiger partial charge in [0.1, 0.15) is 36.1 Å². The first kappa shape index (κ1) is 43.6. The fourth-order valence-corrected chi connectivity index (χ4v) is 5.80. The van der Waals surface area contributed by atoms with E-state index in [0.717, 1.165) is 0 Å². The molecule has 3 aromatic carbocycles. The Morgan fingerprint density at radius 3 is 1.82 bits per heavy atom. The number of carboxylic acids is 1. The summed E-state index contributed by atoms with van der Waals surface area (Å²) in [5, 5.41) is 25.3. The Morgan fingerprint density at radius 2 is 1.33 bits per heavy atom. The summed E-state index contributed by atoms with van der Waals surface area (Å²) in [5.41, 5.74) is 3.90. The molecule has 3 amide bonds. The van der Waals surface area contributed by atoms with Crippen LogP contribution in [0.25, 0.3) is 0 Å². The number of phenolic OH excluding ortho intramolecular Hbond substituents is 1. The molecule has 0 heterocycles. The number of carbonyl (C=O) groups is 6. The Morgan fingerprint density at radius 1 is 0.782 bits per heavy atom. The summed E-state index contributed by atoms with van der Waals surface area (Å²) in [6.07, 6.45) is -1.26. The normalized spacial score (nSPS) is 14.1. The molecule has 1 unspecified atom stereocenters. The molecule has 0 aliphatic carbocycles. The number of carboxylic acid groups (broad SMARTS) is 1. The van der Waals surface area contributed by atoms with Gasteiger partial charge in [-0.05, 0) is 55.5 Å². The fraction of sp³-hybridized carbons (Fsp3) is 0.415. The van der Waals surface area contributed by atoms with Crippen molar-refractivity contribution in [1.82, 2.24) is 15.5 Å². The molecule has 0 aliphatic heterocycles. The summed E-state index contributed by atoms with van der Waals surface area (Å²) in [6.45, 7) is 10.2. The highest BCUT2D eigenvalue weighted by molar-refractivity contribution is 6.17. The fourth-order valence-electron chi connectivity index (χ4n) is 5.80. The van der Waals surface area contributed by atoms with Crippen molar-refractivity contribution < 1.29 is 48.5 Å². The zero-order valence-corrected chi connectivity index (χ0v) is 32.3. The van der Waals surface area contributed by atoms with Gasteiger partial charge in [-0.3, -0.25) is 24.1 Å². The molecule has 6 N–H and O–H groups in total. The highest BCUT2D eigenvalue weighted by Crippen LogP contribution is 2.30. The van der Waals surface area contributed by atoms with Crippen LogP contribution in [0.2, 0.25) is 0 Å². The van der Waals surface area contributed by atoms with E-state index in [-0.39, 0.29) is 18.8 Å². The number of Topliss-reactive ketones (excluding diaryl/α,β-unsaturated/α-hetero) is 1. The number of hydrogen-bond donors (Lipinski definition) is 5. The zero-order valence-electron chi connectivity index (χ0n) is 32.3. The molecule has 14 heteroatoms. The standard InChI is InChI=1S/C41H52N4O10/c1-25(2)32(35(48)43-31(22-27-18-20-30(46)21-19-27)37(51)54-24-29-16-12-9-13-17-29)44-38(52)41(33(42)36(49)50,34(47)26(3)4)45(39(53)55-40(5,6)7)23-28-14-10-8-11-15-28/h8-21,25-26,31-33,46H,22-24,42H2,1-7H3,(H,43,48)(H,44,52)(H,49,50)/t31-,32-,33?,41+/m0/s1. The minimum atomic E-state index is -2.94. The summed E-state index contributed by atoms with van der Waals surface area (Å²) in [4.78, 5) is 84.6. The number of hydrogen-bond acceptors (Lipinski definition) is 10. The van der Waals surface area contributed by atoms with E-state index in [1.807, 2.05) is 0 Å². The van der Waals surface area contributed by atoms with E-state index in [0.29, 0.717) is 21.6 Å². The van der Waals surface area contributed by atoms with Crippen LogP contribution >= 0.6 is 0 Å². The van der Waals surface area contributed by atoms with Crippen molar-refractivity contribution in [2.75, 3.05) is 0 Å². The van der Waals surface area contributed by atoms with Crippen LogP contribution in [0.4, 0.5) is 4.79 Å². The molecule has 0 fully saturated rings. The Bertz CT molecular complexity index is 1790. The monoisotopic (exact) mass is 760 g/mol. The van der Waals surface area contributed by atoms with Crippen molar-refractivity contribution >= 4 is 35.6 Å². The van der Waals surface area contributed by atoms with Crippen LogP contribution in [-0.2, 0) is 53.0 Å². The molecule has 0 bridgehead atoms. The summed E-state index contributed by atoms with van der Waals surface area (Å²) in [6, 6.07) is 18.0. The molecule has 0 radical (unpaired) electrons.